The predicted molar refractivity (Wildman–Crippen MR) is 48.9 cm³/mol. The van der Waals surface area contributed by atoms with Gasteiger partial charge in [0, 0.05) is 12.5 Å². The van der Waals surface area contributed by atoms with E-state index in [-0.39, 0.29) is 11.2 Å². The lowest BCUT2D eigenvalue weighted by Crippen LogP contribution is -2.08. The van der Waals surface area contributed by atoms with Crippen molar-refractivity contribution in [2.45, 2.75) is 12.8 Å². The van der Waals surface area contributed by atoms with Crippen LogP contribution in [-0.4, -0.2) is 13.7 Å². The standard InChI is InChI=1S/C9H13NO3/c1-12-9-7(11)4-6-13-8(9)3-2-5-10/h4,6H,2-3,5,10H2,1H3. The van der Waals surface area contributed by atoms with Gasteiger partial charge < -0.3 is 14.9 Å². The topological polar surface area (TPSA) is 65.5 Å². The first-order valence-corrected chi connectivity index (χ1v) is 4.14. The molecule has 0 radical (unpaired) electrons. The van der Waals surface area contributed by atoms with E-state index in [0.29, 0.717) is 18.7 Å². The van der Waals surface area contributed by atoms with Gasteiger partial charge in [0.25, 0.3) is 0 Å². The summed E-state index contributed by atoms with van der Waals surface area (Å²) in [6, 6.07) is 1.34. The van der Waals surface area contributed by atoms with Crippen LogP contribution in [0, 0.1) is 0 Å². The predicted octanol–water partition coefficient (Wildman–Crippen LogP) is 0.540. The first-order valence-electron chi connectivity index (χ1n) is 4.14. The van der Waals surface area contributed by atoms with E-state index >= 15 is 0 Å². The molecule has 0 saturated carbocycles. The Kier molecular flexibility index (Phi) is 3.52. The smallest absolute Gasteiger partial charge is 0.226 e. The largest absolute Gasteiger partial charge is 0.490 e. The van der Waals surface area contributed by atoms with Crippen LogP contribution >= 0.6 is 0 Å². The molecule has 0 saturated heterocycles. The first-order chi connectivity index (χ1) is 6.29. The first kappa shape index (κ1) is 9.80. The average Bonchev–Trinajstić information content (AvgIpc) is 2.15. The fourth-order valence-electron chi connectivity index (χ4n) is 1.09. The maximum absolute atomic E-state index is 11.2. The van der Waals surface area contributed by atoms with Gasteiger partial charge in [-0.1, -0.05) is 0 Å². The van der Waals surface area contributed by atoms with E-state index in [1.54, 1.807) is 0 Å². The molecular weight excluding hydrogens is 170 g/mol. The highest BCUT2D eigenvalue weighted by Crippen LogP contribution is 2.13. The van der Waals surface area contributed by atoms with Crippen molar-refractivity contribution in [2.24, 2.45) is 5.73 Å². The van der Waals surface area contributed by atoms with Crippen LogP contribution < -0.4 is 15.9 Å². The number of hydrogen-bond donors (Lipinski definition) is 1. The Hall–Kier alpha value is -1.29. The van der Waals surface area contributed by atoms with E-state index < -0.39 is 0 Å². The maximum atomic E-state index is 11.2. The van der Waals surface area contributed by atoms with E-state index in [4.69, 9.17) is 14.9 Å². The molecule has 72 valence electrons. The Bertz CT molecular complexity index is 319. The van der Waals surface area contributed by atoms with Gasteiger partial charge in [-0.15, -0.1) is 0 Å². The molecule has 1 rings (SSSR count). The van der Waals surface area contributed by atoms with Gasteiger partial charge >= 0.3 is 0 Å². The molecule has 0 aliphatic heterocycles. The van der Waals surface area contributed by atoms with Gasteiger partial charge in [0.1, 0.15) is 5.76 Å². The Balaban J connectivity index is 2.92. The zero-order chi connectivity index (χ0) is 9.68. The third-order valence-electron chi connectivity index (χ3n) is 1.72. The zero-order valence-corrected chi connectivity index (χ0v) is 7.58. The number of hydrogen-bond acceptors (Lipinski definition) is 4. The molecule has 0 atom stereocenters. The van der Waals surface area contributed by atoms with E-state index in [9.17, 15) is 4.79 Å². The van der Waals surface area contributed by atoms with E-state index in [1.807, 2.05) is 0 Å². The van der Waals surface area contributed by atoms with Crippen LogP contribution in [0.2, 0.25) is 0 Å². The molecule has 0 aromatic carbocycles. The summed E-state index contributed by atoms with van der Waals surface area (Å²) in [6.07, 6.45) is 2.79. The number of methoxy groups -OCH3 is 1. The van der Waals surface area contributed by atoms with Crippen molar-refractivity contribution in [1.82, 2.24) is 0 Å². The SMILES string of the molecule is COc1c(CCCN)occc1=O. The maximum Gasteiger partial charge on any atom is 0.226 e. The summed E-state index contributed by atoms with van der Waals surface area (Å²) in [5.41, 5.74) is 5.19. The van der Waals surface area contributed by atoms with Crippen LogP contribution in [0.5, 0.6) is 5.75 Å². The molecule has 0 bridgehead atoms. The fraction of sp³-hybridized carbons (Fsp3) is 0.444. The molecule has 0 fully saturated rings. The van der Waals surface area contributed by atoms with Gasteiger partial charge in [-0.3, -0.25) is 4.79 Å². The molecule has 4 nitrogen and oxygen atoms in total. The number of rotatable bonds is 4. The summed E-state index contributed by atoms with van der Waals surface area (Å²) in [7, 11) is 1.46. The monoisotopic (exact) mass is 183 g/mol. The molecule has 4 heteroatoms. The third kappa shape index (κ3) is 2.32. The minimum atomic E-state index is -0.152. The molecule has 0 aliphatic rings. The van der Waals surface area contributed by atoms with Crippen LogP contribution in [0.3, 0.4) is 0 Å². The number of aryl methyl sites for hydroxylation is 1. The second-order valence-electron chi connectivity index (χ2n) is 2.63. The Morgan fingerprint density at radius 1 is 1.62 bits per heavy atom. The van der Waals surface area contributed by atoms with E-state index in [1.165, 1.54) is 19.4 Å². The van der Waals surface area contributed by atoms with E-state index in [0.717, 1.165) is 6.42 Å². The summed E-state index contributed by atoms with van der Waals surface area (Å²) in [5.74, 6) is 0.858. The molecule has 0 aliphatic carbocycles. The van der Waals surface area contributed by atoms with Gasteiger partial charge in [0.15, 0.2) is 0 Å². The minimum Gasteiger partial charge on any atom is -0.490 e. The molecular formula is C9H13NO3. The van der Waals surface area contributed by atoms with Gasteiger partial charge in [-0.25, -0.2) is 0 Å². The highest BCUT2D eigenvalue weighted by molar-refractivity contribution is 5.24. The summed E-state index contributed by atoms with van der Waals surface area (Å²) < 4.78 is 10.1. The molecule has 0 unspecified atom stereocenters. The number of nitrogens with two attached hydrogens (primary N) is 1. The third-order valence-corrected chi connectivity index (χ3v) is 1.72. The van der Waals surface area contributed by atoms with Gasteiger partial charge in [-0.2, -0.15) is 0 Å². The van der Waals surface area contributed by atoms with Crippen molar-refractivity contribution in [3.63, 3.8) is 0 Å². The number of ether oxygens (including phenoxy) is 1. The van der Waals surface area contributed by atoms with Crippen molar-refractivity contribution in [2.75, 3.05) is 13.7 Å². The minimum absolute atomic E-state index is 0.152. The molecule has 0 amide bonds. The molecule has 1 aromatic rings. The highest BCUT2D eigenvalue weighted by atomic mass is 16.5. The van der Waals surface area contributed by atoms with E-state index in [2.05, 4.69) is 0 Å². The van der Waals surface area contributed by atoms with Crippen LogP contribution in [0.25, 0.3) is 0 Å². The summed E-state index contributed by atoms with van der Waals surface area (Å²) in [6.45, 7) is 0.571. The van der Waals surface area contributed by atoms with Crippen molar-refractivity contribution in [3.05, 3.63) is 28.3 Å². The fourth-order valence-corrected chi connectivity index (χ4v) is 1.09. The Morgan fingerprint density at radius 3 is 3.00 bits per heavy atom. The second-order valence-corrected chi connectivity index (χ2v) is 2.63. The molecule has 1 heterocycles. The molecule has 1 aromatic heterocycles. The van der Waals surface area contributed by atoms with Crippen LogP contribution in [0.4, 0.5) is 0 Å². The summed E-state index contributed by atoms with van der Waals surface area (Å²) >= 11 is 0. The van der Waals surface area contributed by atoms with Gasteiger partial charge in [0.2, 0.25) is 11.2 Å². The van der Waals surface area contributed by atoms with Gasteiger partial charge in [0.05, 0.1) is 13.4 Å². The normalized spacial score (nSPS) is 10.0. The quantitative estimate of drug-likeness (QED) is 0.739. The Labute approximate surface area is 76.3 Å². The molecule has 2 N–H and O–H groups in total. The molecule has 0 spiro atoms. The van der Waals surface area contributed by atoms with Crippen molar-refractivity contribution in [3.8, 4) is 5.75 Å². The lowest BCUT2D eigenvalue weighted by atomic mass is 10.2. The lowest BCUT2D eigenvalue weighted by molar-refractivity contribution is 0.366. The van der Waals surface area contributed by atoms with Crippen LogP contribution in [0.1, 0.15) is 12.2 Å². The zero-order valence-electron chi connectivity index (χ0n) is 7.58. The Morgan fingerprint density at radius 2 is 2.38 bits per heavy atom. The lowest BCUT2D eigenvalue weighted by Gasteiger charge is -2.04. The van der Waals surface area contributed by atoms with Crippen molar-refractivity contribution in [1.29, 1.82) is 0 Å². The van der Waals surface area contributed by atoms with Crippen molar-refractivity contribution < 1.29 is 9.15 Å². The van der Waals surface area contributed by atoms with Crippen LogP contribution in [0.15, 0.2) is 21.5 Å². The highest BCUT2D eigenvalue weighted by Gasteiger charge is 2.07. The van der Waals surface area contributed by atoms with Crippen molar-refractivity contribution >= 4 is 0 Å². The average molecular weight is 183 g/mol. The summed E-state index contributed by atoms with van der Waals surface area (Å²) in [5, 5.41) is 0. The second kappa shape index (κ2) is 4.67. The van der Waals surface area contributed by atoms with Gasteiger partial charge in [-0.05, 0) is 13.0 Å². The van der Waals surface area contributed by atoms with Crippen LogP contribution in [-0.2, 0) is 6.42 Å². The summed E-state index contributed by atoms with van der Waals surface area (Å²) in [4.78, 5) is 11.2. The molecule has 13 heavy (non-hydrogen) atoms.